The standard InChI is InChI=1S/C5H6S.ClHO4/c1-2-4-6-5-3-1;2-1(3,4)5/h1-4H,5H2;(H,2,3,4,5). The predicted octanol–water partition coefficient (Wildman–Crippen LogP) is -2.32. The second kappa shape index (κ2) is 5.59. The van der Waals surface area contributed by atoms with Gasteiger partial charge in [0.25, 0.3) is 0 Å². The van der Waals surface area contributed by atoms with E-state index in [0.717, 1.165) is 5.75 Å². The monoisotopic (exact) mass is 198 g/mol. The van der Waals surface area contributed by atoms with Crippen molar-refractivity contribution in [2.24, 2.45) is 0 Å². The highest BCUT2D eigenvalue weighted by Gasteiger charge is 1.98. The Bertz CT molecular complexity index is 133. The van der Waals surface area contributed by atoms with Crippen molar-refractivity contribution in [3.8, 4) is 0 Å². The van der Waals surface area contributed by atoms with Crippen LogP contribution in [0.15, 0.2) is 23.6 Å². The molecule has 1 rings (SSSR count). The fourth-order valence-electron chi connectivity index (χ4n) is 0.346. The molecule has 0 atom stereocenters. The zero-order valence-corrected chi connectivity index (χ0v) is 7.05. The maximum atomic E-state index is 8.60. The smallest absolute Gasteiger partial charge is 0.0777 e. The van der Waals surface area contributed by atoms with E-state index in [9.17, 15) is 0 Å². The van der Waals surface area contributed by atoms with Crippen LogP contribution in [0.4, 0.5) is 0 Å². The van der Waals surface area contributed by atoms with Crippen LogP contribution in [0, 0.1) is 10.2 Å². The molecule has 0 aromatic rings. The van der Waals surface area contributed by atoms with Gasteiger partial charge in [-0.1, -0.05) is 18.2 Å². The highest BCUT2D eigenvalue weighted by molar-refractivity contribution is 8.02. The molecule has 1 aliphatic heterocycles. The van der Waals surface area contributed by atoms with Crippen LogP contribution in [-0.2, 0) is 0 Å². The molecule has 0 saturated heterocycles. The predicted molar refractivity (Wildman–Crippen MR) is 33.0 cm³/mol. The molecule has 0 spiro atoms. The highest BCUT2D eigenvalue weighted by Crippen LogP contribution is 2.05. The van der Waals surface area contributed by atoms with Crippen LogP contribution in [-0.4, -0.2) is 10.4 Å². The van der Waals surface area contributed by atoms with E-state index >= 15 is 0 Å². The van der Waals surface area contributed by atoms with Crippen molar-refractivity contribution < 1.29 is 28.9 Å². The Labute approximate surface area is 70.6 Å². The first-order valence-electron chi connectivity index (χ1n) is 2.56. The van der Waals surface area contributed by atoms with Crippen LogP contribution in [0.2, 0.25) is 0 Å². The maximum Gasteiger partial charge on any atom is 0.0777 e. The number of hydrogen-bond donors (Lipinski definition) is 1. The Morgan fingerprint density at radius 1 is 1.27 bits per heavy atom. The third-order valence-electron chi connectivity index (χ3n) is 0.614. The van der Waals surface area contributed by atoms with Crippen molar-refractivity contribution in [2.75, 3.05) is 5.75 Å². The Kier molecular flexibility index (Phi) is 5.57. The van der Waals surface area contributed by atoms with Gasteiger partial charge in [-0.3, -0.25) is 0 Å². The largest absolute Gasteiger partial charge is 0.183 e. The number of allylic oxidation sites excluding steroid dienone is 2. The van der Waals surface area contributed by atoms with Crippen molar-refractivity contribution in [3.63, 3.8) is 0 Å². The van der Waals surface area contributed by atoms with Crippen molar-refractivity contribution in [1.82, 2.24) is 0 Å². The lowest BCUT2D eigenvalue weighted by molar-refractivity contribution is -1.92. The van der Waals surface area contributed by atoms with E-state index in [1.165, 1.54) is 0 Å². The Balaban J connectivity index is 0.000000187. The number of thioether (sulfide) groups is 1. The normalized spacial score (nSPS) is 15.6. The summed E-state index contributed by atoms with van der Waals surface area (Å²) in [5.74, 6) is 1.15. The summed E-state index contributed by atoms with van der Waals surface area (Å²) in [5.41, 5.74) is 0. The van der Waals surface area contributed by atoms with Gasteiger partial charge in [0.15, 0.2) is 0 Å². The summed E-state index contributed by atoms with van der Waals surface area (Å²) in [6.45, 7) is 0. The minimum atomic E-state index is -4.69. The van der Waals surface area contributed by atoms with Crippen LogP contribution in [0.5, 0.6) is 0 Å². The summed E-state index contributed by atoms with van der Waals surface area (Å²) in [7, 11) is -4.69. The van der Waals surface area contributed by atoms with Gasteiger partial charge in [0.2, 0.25) is 0 Å². The second-order valence-electron chi connectivity index (χ2n) is 1.49. The molecule has 0 unspecified atom stereocenters. The molecule has 6 heteroatoms. The van der Waals surface area contributed by atoms with Gasteiger partial charge < -0.3 is 0 Å². The summed E-state index contributed by atoms with van der Waals surface area (Å²) >= 11 is 1.83. The zero-order chi connectivity index (χ0) is 8.74. The molecule has 1 heterocycles. The minimum Gasteiger partial charge on any atom is -0.183 e. The number of rotatable bonds is 0. The van der Waals surface area contributed by atoms with E-state index < -0.39 is 10.2 Å². The molecule has 64 valence electrons. The van der Waals surface area contributed by atoms with Crippen molar-refractivity contribution in [1.29, 1.82) is 0 Å². The minimum absolute atomic E-state index is 1.15. The molecule has 11 heavy (non-hydrogen) atoms. The lowest BCUT2D eigenvalue weighted by Crippen LogP contribution is -2.58. The van der Waals surface area contributed by atoms with Gasteiger partial charge in [-0.25, -0.2) is 0 Å². The lowest BCUT2D eigenvalue weighted by Gasteiger charge is -2.03. The Morgan fingerprint density at radius 2 is 1.82 bits per heavy atom. The third kappa shape index (κ3) is 17.8. The van der Waals surface area contributed by atoms with E-state index in [4.69, 9.17) is 18.6 Å². The van der Waals surface area contributed by atoms with Crippen molar-refractivity contribution >= 4 is 11.8 Å². The van der Waals surface area contributed by atoms with Gasteiger partial charge in [-0.05, 0) is 5.41 Å². The fraction of sp³-hybridized carbons (Fsp3) is 0.200. The van der Waals surface area contributed by atoms with Crippen molar-refractivity contribution in [3.05, 3.63) is 23.6 Å². The molecule has 0 aromatic carbocycles. The molecular formula is C5H7ClO4S. The quantitative estimate of drug-likeness (QED) is 0.472. The average molecular weight is 199 g/mol. The molecule has 1 aliphatic rings. The second-order valence-corrected chi connectivity index (χ2v) is 3.22. The van der Waals surface area contributed by atoms with E-state index in [0.29, 0.717) is 0 Å². The summed E-state index contributed by atoms with van der Waals surface area (Å²) in [6, 6.07) is 0. The van der Waals surface area contributed by atoms with Crippen LogP contribution >= 0.6 is 11.8 Å². The average Bonchev–Trinajstić information content (AvgIpc) is 1.88. The van der Waals surface area contributed by atoms with Gasteiger partial charge in [0, 0.05) is 5.75 Å². The van der Waals surface area contributed by atoms with Crippen LogP contribution in [0.3, 0.4) is 0 Å². The Morgan fingerprint density at radius 3 is 1.91 bits per heavy atom. The molecule has 0 aliphatic carbocycles. The summed E-state index contributed by atoms with van der Waals surface area (Å²) in [4.78, 5) is 0. The topological polar surface area (TPSA) is 89.4 Å². The molecule has 0 saturated carbocycles. The summed E-state index contributed by atoms with van der Waals surface area (Å²) in [6.07, 6.45) is 6.26. The van der Waals surface area contributed by atoms with Gasteiger partial charge in [0.05, 0.1) is 14.9 Å². The molecule has 0 fully saturated rings. The van der Waals surface area contributed by atoms with Gasteiger partial charge in [-0.15, -0.1) is 11.8 Å². The first-order valence-corrected chi connectivity index (χ1v) is 4.88. The summed E-state index contributed by atoms with van der Waals surface area (Å²) in [5, 5.41) is 2.10. The highest BCUT2D eigenvalue weighted by atomic mass is 35.7. The van der Waals surface area contributed by atoms with Crippen LogP contribution in [0.25, 0.3) is 0 Å². The molecule has 0 radical (unpaired) electrons. The molecular weight excluding hydrogens is 192 g/mol. The summed E-state index contributed by atoms with van der Waals surface area (Å²) < 4.78 is 32.7. The van der Waals surface area contributed by atoms with Crippen LogP contribution < -0.4 is 14.0 Å². The first-order chi connectivity index (χ1) is 5.00. The SMILES string of the molecule is C1=CCSC=C1.[O-][Cl+3]([O-])([O-])O. The van der Waals surface area contributed by atoms with Crippen LogP contribution in [0.1, 0.15) is 0 Å². The molecule has 0 bridgehead atoms. The molecule has 4 nitrogen and oxygen atoms in total. The van der Waals surface area contributed by atoms with E-state index in [1.54, 1.807) is 0 Å². The number of halogens is 1. The van der Waals surface area contributed by atoms with Gasteiger partial charge in [0.1, 0.15) is 0 Å². The fourth-order valence-corrected chi connectivity index (χ4v) is 0.881. The van der Waals surface area contributed by atoms with Gasteiger partial charge >= 0.3 is 0 Å². The molecule has 1 N–H and O–H groups in total. The molecule has 0 aromatic heterocycles. The maximum absolute atomic E-state index is 8.60. The Hall–Kier alpha value is -0.0400. The van der Waals surface area contributed by atoms with E-state index in [2.05, 4.69) is 17.6 Å². The third-order valence-corrected chi connectivity index (χ3v) is 1.35. The van der Waals surface area contributed by atoms with Crippen molar-refractivity contribution in [2.45, 2.75) is 0 Å². The first kappa shape index (κ1) is 11.0. The van der Waals surface area contributed by atoms with E-state index in [-0.39, 0.29) is 0 Å². The zero-order valence-electron chi connectivity index (χ0n) is 5.47. The lowest BCUT2D eigenvalue weighted by atomic mass is 10.5. The molecule has 0 amide bonds. The number of hydrogen-bond acceptors (Lipinski definition) is 5. The van der Waals surface area contributed by atoms with Gasteiger partial charge in [-0.2, -0.15) is 14.0 Å². The van der Waals surface area contributed by atoms with E-state index in [1.807, 2.05) is 17.8 Å².